The lowest BCUT2D eigenvalue weighted by atomic mass is 10.2. The molecule has 0 fully saturated rings. The van der Waals surface area contributed by atoms with Gasteiger partial charge < -0.3 is 14.6 Å². The summed E-state index contributed by atoms with van der Waals surface area (Å²) < 4.78 is 7.17. The number of hydrogen-bond acceptors (Lipinski definition) is 2. The molecular formula is C18H17ClN2O2. The maximum atomic E-state index is 12.5. The molecule has 2 aromatic carbocycles. The van der Waals surface area contributed by atoms with Crippen LogP contribution in [-0.4, -0.2) is 17.6 Å². The molecule has 0 saturated carbocycles. The molecule has 3 rings (SSSR count). The molecule has 1 heterocycles. The van der Waals surface area contributed by atoms with E-state index in [0.29, 0.717) is 5.02 Å². The molecule has 0 aliphatic rings. The molecule has 0 spiro atoms. The van der Waals surface area contributed by atoms with Crippen molar-refractivity contribution in [3.05, 3.63) is 59.8 Å². The fraction of sp³-hybridized carbons (Fsp3) is 0.167. The van der Waals surface area contributed by atoms with Crippen LogP contribution in [0.5, 0.6) is 5.75 Å². The van der Waals surface area contributed by atoms with Gasteiger partial charge in [-0.15, -0.1) is 0 Å². The van der Waals surface area contributed by atoms with E-state index >= 15 is 0 Å². The summed E-state index contributed by atoms with van der Waals surface area (Å²) in [5.74, 6) is 0.717. The Morgan fingerprint density at radius 2 is 1.91 bits per heavy atom. The van der Waals surface area contributed by atoms with E-state index < -0.39 is 0 Å². The van der Waals surface area contributed by atoms with Crippen LogP contribution in [0.25, 0.3) is 10.9 Å². The second-order valence-corrected chi connectivity index (χ2v) is 5.76. The number of aromatic nitrogens is 1. The van der Waals surface area contributed by atoms with Gasteiger partial charge >= 0.3 is 0 Å². The van der Waals surface area contributed by atoms with E-state index in [1.807, 2.05) is 42.0 Å². The topological polar surface area (TPSA) is 43.3 Å². The van der Waals surface area contributed by atoms with Crippen LogP contribution in [0, 0.1) is 0 Å². The predicted octanol–water partition coefficient (Wildman–Crippen LogP) is 4.50. The summed E-state index contributed by atoms with van der Waals surface area (Å²) in [4.78, 5) is 12.5. The third-order valence-corrected chi connectivity index (χ3v) is 4.09. The molecule has 1 atom stereocenters. The average molecular weight is 329 g/mol. The molecule has 0 saturated heterocycles. The zero-order valence-electron chi connectivity index (χ0n) is 12.9. The van der Waals surface area contributed by atoms with Gasteiger partial charge in [-0.1, -0.05) is 11.6 Å². The molecule has 0 aliphatic heterocycles. The summed E-state index contributed by atoms with van der Waals surface area (Å²) in [6.07, 6.45) is 1.91. The number of benzene rings is 2. The second kappa shape index (κ2) is 6.34. The number of amides is 1. The summed E-state index contributed by atoms with van der Waals surface area (Å²) in [5, 5.41) is 4.58. The van der Waals surface area contributed by atoms with Gasteiger partial charge in [0, 0.05) is 27.8 Å². The highest BCUT2D eigenvalue weighted by atomic mass is 35.5. The van der Waals surface area contributed by atoms with Crippen LogP contribution in [0.3, 0.4) is 0 Å². The van der Waals surface area contributed by atoms with Crippen LogP contribution in [0.2, 0.25) is 5.02 Å². The number of halogens is 1. The Kier molecular flexibility index (Phi) is 4.26. The lowest BCUT2D eigenvalue weighted by Gasteiger charge is -2.15. The Bertz CT molecular complexity index is 840. The molecule has 1 N–H and O–H groups in total. The average Bonchev–Trinajstić information content (AvgIpc) is 2.99. The van der Waals surface area contributed by atoms with Gasteiger partial charge in [0.15, 0.2) is 0 Å². The van der Waals surface area contributed by atoms with Crippen LogP contribution in [0.1, 0.15) is 13.0 Å². The number of carbonyl (C=O) groups is 1. The fourth-order valence-electron chi connectivity index (χ4n) is 2.51. The molecular weight excluding hydrogens is 312 g/mol. The maximum absolute atomic E-state index is 12.5. The van der Waals surface area contributed by atoms with Crippen LogP contribution >= 0.6 is 11.6 Å². The molecule has 1 aromatic heterocycles. The number of fused-ring (bicyclic) bond motifs is 1. The standard InChI is InChI=1S/C18H17ClN2O2/c1-12(18(22)20-15-5-3-14(19)4-6-15)21-10-9-13-11-16(23-2)7-8-17(13)21/h3-12H,1-2H3,(H,20,22). The van der Waals surface area contributed by atoms with Gasteiger partial charge in [-0.05, 0) is 55.5 Å². The lowest BCUT2D eigenvalue weighted by molar-refractivity contribution is -0.118. The number of nitrogens with zero attached hydrogens (tertiary/aromatic N) is 1. The van der Waals surface area contributed by atoms with Crippen molar-refractivity contribution in [3.8, 4) is 5.75 Å². The van der Waals surface area contributed by atoms with Crippen molar-refractivity contribution in [1.29, 1.82) is 0 Å². The van der Waals surface area contributed by atoms with E-state index in [2.05, 4.69) is 5.32 Å². The van der Waals surface area contributed by atoms with E-state index in [4.69, 9.17) is 16.3 Å². The quantitative estimate of drug-likeness (QED) is 0.766. The normalized spacial score (nSPS) is 12.1. The van der Waals surface area contributed by atoms with Crippen LogP contribution < -0.4 is 10.1 Å². The smallest absolute Gasteiger partial charge is 0.247 e. The zero-order valence-corrected chi connectivity index (χ0v) is 13.7. The first kappa shape index (κ1) is 15.4. The molecule has 23 heavy (non-hydrogen) atoms. The van der Waals surface area contributed by atoms with E-state index in [1.165, 1.54) is 0 Å². The molecule has 4 nitrogen and oxygen atoms in total. The molecule has 0 bridgehead atoms. The van der Waals surface area contributed by atoms with Gasteiger partial charge in [0.1, 0.15) is 11.8 Å². The number of hydrogen-bond donors (Lipinski definition) is 1. The van der Waals surface area contributed by atoms with Crippen LogP contribution in [-0.2, 0) is 4.79 Å². The molecule has 118 valence electrons. The minimum absolute atomic E-state index is 0.0827. The van der Waals surface area contributed by atoms with Crippen molar-refractivity contribution >= 4 is 34.1 Å². The molecule has 1 unspecified atom stereocenters. The summed E-state index contributed by atoms with van der Waals surface area (Å²) >= 11 is 5.85. The van der Waals surface area contributed by atoms with E-state index in [9.17, 15) is 4.79 Å². The van der Waals surface area contributed by atoms with Gasteiger partial charge in [-0.3, -0.25) is 4.79 Å². The summed E-state index contributed by atoms with van der Waals surface area (Å²) in [6, 6.07) is 14.5. The number of carbonyl (C=O) groups excluding carboxylic acids is 1. The summed E-state index contributed by atoms with van der Waals surface area (Å²) in [5.41, 5.74) is 1.72. The van der Waals surface area contributed by atoms with E-state index in [1.54, 1.807) is 31.4 Å². The fourth-order valence-corrected chi connectivity index (χ4v) is 2.64. The van der Waals surface area contributed by atoms with Gasteiger partial charge in [-0.25, -0.2) is 0 Å². The highest BCUT2D eigenvalue weighted by molar-refractivity contribution is 6.30. The molecule has 0 radical (unpaired) electrons. The van der Waals surface area contributed by atoms with Gasteiger partial charge in [0.2, 0.25) is 5.91 Å². The Morgan fingerprint density at radius 3 is 2.61 bits per heavy atom. The third kappa shape index (κ3) is 3.17. The number of anilines is 1. The summed E-state index contributed by atoms with van der Waals surface area (Å²) in [6.45, 7) is 1.87. The Balaban J connectivity index is 1.83. The molecule has 3 aromatic rings. The minimum Gasteiger partial charge on any atom is -0.497 e. The number of ether oxygens (including phenoxy) is 1. The number of methoxy groups -OCH3 is 1. The van der Waals surface area contributed by atoms with Crippen LogP contribution in [0.4, 0.5) is 5.69 Å². The first-order valence-corrected chi connectivity index (χ1v) is 7.67. The van der Waals surface area contributed by atoms with Crippen molar-refractivity contribution in [2.45, 2.75) is 13.0 Å². The second-order valence-electron chi connectivity index (χ2n) is 5.32. The Labute approximate surface area is 139 Å². The van der Waals surface area contributed by atoms with E-state index in [0.717, 1.165) is 22.3 Å². The van der Waals surface area contributed by atoms with Crippen molar-refractivity contribution in [2.24, 2.45) is 0 Å². The van der Waals surface area contributed by atoms with E-state index in [-0.39, 0.29) is 11.9 Å². The lowest BCUT2D eigenvalue weighted by Crippen LogP contribution is -2.23. The Morgan fingerprint density at radius 1 is 1.17 bits per heavy atom. The summed E-state index contributed by atoms with van der Waals surface area (Å²) in [7, 11) is 1.64. The SMILES string of the molecule is COc1ccc2c(ccn2C(C)C(=O)Nc2ccc(Cl)cc2)c1. The molecule has 1 amide bonds. The highest BCUT2D eigenvalue weighted by Gasteiger charge is 2.17. The van der Waals surface area contributed by atoms with Crippen LogP contribution in [0.15, 0.2) is 54.7 Å². The minimum atomic E-state index is -0.337. The van der Waals surface area contributed by atoms with Crippen molar-refractivity contribution in [3.63, 3.8) is 0 Å². The first-order valence-electron chi connectivity index (χ1n) is 7.29. The Hall–Kier alpha value is -2.46. The number of rotatable bonds is 4. The number of nitrogens with one attached hydrogen (secondary N) is 1. The largest absolute Gasteiger partial charge is 0.497 e. The molecule has 0 aliphatic carbocycles. The van der Waals surface area contributed by atoms with Crippen molar-refractivity contribution in [2.75, 3.05) is 12.4 Å². The van der Waals surface area contributed by atoms with Gasteiger partial charge in [0.25, 0.3) is 0 Å². The zero-order chi connectivity index (χ0) is 16.4. The monoisotopic (exact) mass is 328 g/mol. The third-order valence-electron chi connectivity index (χ3n) is 3.84. The van der Waals surface area contributed by atoms with Gasteiger partial charge in [-0.2, -0.15) is 0 Å². The van der Waals surface area contributed by atoms with Gasteiger partial charge in [0.05, 0.1) is 7.11 Å². The van der Waals surface area contributed by atoms with Crippen molar-refractivity contribution in [1.82, 2.24) is 4.57 Å². The first-order chi connectivity index (χ1) is 11.1. The molecule has 5 heteroatoms. The maximum Gasteiger partial charge on any atom is 0.247 e. The van der Waals surface area contributed by atoms with Crippen molar-refractivity contribution < 1.29 is 9.53 Å². The highest BCUT2D eigenvalue weighted by Crippen LogP contribution is 2.25. The predicted molar refractivity (Wildman–Crippen MR) is 93.3 cm³/mol.